The number of alkyl carbamates (subject to hydrolysis) is 1. The van der Waals surface area contributed by atoms with Gasteiger partial charge in [-0.1, -0.05) is 45.0 Å². The Morgan fingerprint density at radius 3 is 2.07 bits per heavy atom. The molecule has 0 saturated carbocycles. The molecule has 0 fully saturated rings. The van der Waals surface area contributed by atoms with Crippen LogP contribution < -0.4 is 5.32 Å². The SMILES string of the molecule is COC(=O)CN(Cc1ccccc1CNC(=O)OC(C)(C)C)C(=O)C(C)(C)C. The summed E-state index contributed by atoms with van der Waals surface area (Å²) in [5, 5.41) is 2.72. The van der Waals surface area contributed by atoms with Crippen LogP contribution >= 0.6 is 0 Å². The van der Waals surface area contributed by atoms with Crippen LogP contribution in [0.5, 0.6) is 0 Å². The van der Waals surface area contributed by atoms with Crippen LogP contribution in [0, 0.1) is 5.41 Å². The van der Waals surface area contributed by atoms with Crippen molar-refractivity contribution in [1.82, 2.24) is 10.2 Å². The first-order chi connectivity index (χ1) is 12.8. The van der Waals surface area contributed by atoms with Gasteiger partial charge in [-0.25, -0.2) is 4.79 Å². The molecule has 1 aromatic carbocycles. The summed E-state index contributed by atoms with van der Waals surface area (Å²) in [4.78, 5) is 38.0. The molecule has 28 heavy (non-hydrogen) atoms. The number of hydrogen-bond acceptors (Lipinski definition) is 5. The van der Waals surface area contributed by atoms with Crippen LogP contribution in [0.4, 0.5) is 4.79 Å². The first kappa shape index (κ1) is 23.5. The summed E-state index contributed by atoms with van der Waals surface area (Å²) < 4.78 is 9.99. The number of carbonyl (C=O) groups is 3. The average Bonchev–Trinajstić information content (AvgIpc) is 2.57. The molecule has 0 saturated heterocycles. The lowest BCUT2D eigenvalue weighted by molar-refractivity contribution is -0.150. The molecule has 1 aromatic rings. The number of carbonyl (C=O) groups excluding carboxylic acids is 3. The zero-order chi connectivity index (χ0) is 21.5. The minimum atomic E-state index is -0.641. The standard InChI is InChI=1S/C21H32N2O5/c1-20(2,3)18(25)23(14-17(24)27-7)13-16-11-9-8-10-15(16)12-22-19(26)28-21(4,5)6/h8-11H,12-14H2,1-7H3,(H,22,26). The summed E-state index contributed by atoms with van der Waals surface area (Å²) in [5.74, 6) is -0.644. The first-order valence-electron chi connectivity index (χ1n) is 9.23. The van der Waals surface area contributed by atoms with E-state index in [0.717, 1.165) is 11.1 Å². The van der Waals surface area contributed by atoms with Crippen molar-refractivity contribution in [2.24, 2.45) is 5.41 Å². The average molecular weight is 392 g/mol. The van der Waals surface area contributed by atoms with E-state index in [0.29, 0.717) is 0 Å². The Labute approximate surface area is 167 Å². The highest BCUT2D eigenvalue weighted by molar-refractivity contribution is 5.85. The zero-order valence-electron chi connectivity index (χ0n) is 17.9. The molecular formula is C21H32N2O5. The Kier molecular flexibility index (Phi) is 8.02. The molecule has 0 aliphatic heterocycles. The van der Waals surface area contributed by atoms with Crippen molar-refractivity contribution in [1.29, 1.82) is 0 Å². The van der Waals surface area contributed by atoms with Gasteiger partial charge in [-0.2, -0.15) is 0 Å². The molecule has 7 nitrogen and oxygen atoms in total. The Morgan fingerprint density at radius 1 is 1.00 bits per heavy atom. The lowest BCUT2D eigenvalue weighted by Gasteiger charge is -2.29. The van der Waals surface area contributed by atoms with Crippen LogP contribution in [0.25, 0.3) is 0 Å². The van der Waals surface area contributed by atoms with Gasteiger partial charge in [-0.05, 0) is 31.9 Å². The summed E-state index contributed by atoms with van der Waals surface area (Å²) in [6, 6.07) is 7.44. The van der Waals surface area contributed by atoms with Crippen molar-refractivity contribution in [2.45, 2.75) is 60.2 Å². The van der Waals surface area contributed by atoms with Crippen LogP contribution in [0.15, 0.2) is 24.3 Å². The van der Waals surface area contributed by atoms with Gasteiger partial charge in [-0.3, -0.25) is 9.59 Å². The fourth-order valence-corrected chi connectivity index (χ4v) is 2.47. The van der Waals surface area contributed by atoms with Gasteiger partial charge in [0.15, 0.2) is 0 Å². The molecule has 0 aromatic heterocycles. The number of esters is 1. The van der Waals surface area contributed by atoms with Gasteiger partial charge >= 0.3 is 12.1 Å². The number of amides is 2. The molecule has 0 atom stereocenters. The van der Waals surface area contributed by atoms with Crippen molar-refractivity contribution < 1.29 is 23.9 Å². The number of ether oxygens (including phenoxy) is 2. The molecule has 7 heteroatoms. The molecule has 0 bridgehead atoms. The van der Waals surface area contributed by atoms with E-state index in [1.807, 2.05) is 24.3 Å². The zero-order valence-corrected chi connectivity index (χ0v) is 17.9. The van der Waals surface area contributed by atoms with E-state index < -0.39 is 23.1 Å². The minimum absolute atomic E-state index is 0.138. The Hall–Kier alpha value is -2.57. The Bertz CT molecular complexity index is 701. The summed E-state index contributed by atoms with van der Waals surface area (Å²) in [6.07, 6.45) is -0.514. The summed E-state index contributed by atoms with van der Waals surface area (Å²) >= 11 is 0. The van der Waals surface area contributed by atoms with Gasteiger partial charge in [0.05, 0.1) is 7.11 Å². The Balaban J connectivity index is 2.97. The molecule has 1 rings (SSSR count). The normalized spacial score (nSPS) is 11.5. The monoisotopic (exact) mass is 392 g/mol. The minimum Gasteiger partial charge on any atom is -0.468 e. The lowest BCUT2D eigenvalue weighted by atomic mass is 9.94. The highest BCUT2D eigenvalue weighted by atomic mass is 16.6. The van der Waals surface area contributed by atoms with E-state index in [1.165, 1.54) is 12.0 Å². The van der Waals surface area contributed by atoms with E-state index in [2.05, 4.69) is 5.32 Å². The number of rotatable bonds is 6. The molecule has 0 radical (unpaired) electrons. The Morgan fingerprint density at radius 2 is 1.57 bits per heavy atom. The predicted octanol–water partition coefficient (Wildman–Crippen LogP) is 3.26. The second kappa shape index (κ2) is 9.57. The molecular weight excluding hydrogens is 360 g/mol. The molecule has 1 N–H and O–H groups in total. The van der Waals surface area contributed by atoms with Crippen molar-refractivity contribution in [3.8, 4) is 0 Å². The number of nitrogens with zero attached hydrogens (tertiary/aromatic N) is 1. The van der Waals surface area contributed by atoms with Crippen molar-refractivity contribution >= 4 is 18.0 Å². The van der Waals surface area contributed by atoms with Gasteiger partial charge in [0, 0.05) is 18.5 Å². The third-order valence-corrected chi connectivity index (χ3v) is 3.78. The predicted molar refractivity (Wildman–Crippen MR) is 106 cm³/mol. The largest absolute Gasteiger partial charge is 0.468 e. The quantitative estimate of drug-likeness (QED) is 0.751. The van der Waals surface area contributed by atoms with Crippen LogP contribution in [0.3, 0.4) is 0 Å². The van der Waals surface area contributed by atoms with Gasteiger partial charge in [0.25, 0.3) is 0 Å². The van der Waals surface area contributed by atoms with Crippen LogP contribution in [0.2, 0.25) is 0 Å². The van der Waals surface area contributed by atoms with E-state index in [-0.39, 0.29) is 25.5 Å². The molecule has 0 spiro atoms. The van der Waals surface area contributed by atoms with E-state index in [1.54, 1.807) is 41.5 Å². The fourth-order valence-electron chi connectivity index (χ4n) is 2.47. The number of methoxy groups -OCH3 is 1. The third kappa shape index (κ3) is 7.98. The highest BCUT2D eigenvalue weighted by Crippen LogP contribution is 2.21. The van der Waals surface area contributed by atoms with Crippen molar-refractivity contribution in [3.05, 3.63) is 35.4 Å². The van der Waals surface area contributed by atoms with E-state index >= 15 is 0 Å². The second-order valence-electron chi connectivity index (χ2n) is 8.61. The van der Waals surface area contributed by atoms with Crippen LogP contribution in [-0.2, 0) is 32.2 Å². The lowest BCUT2D eigenvalue weighted by Crippen LogP contribution is -2.42. The summed E-state index contributed by atoms with van der Waals surface area (Å²) in [5.41, 5.74) is 0.447. The van der Waals surface area contributed by atoms with Crippen molar-refractivity contribution in [2.75, 3.05) is 13.7 Å². The second-order valence-corrected chi connectivity index (χ2v) is 8.61. The first-order valence-corrected chi connectivity index (χ1v) is 9.23. The fraction of sp³-hybridized carbons (Fsp3) is 0.571. The maximum absolute atomic E-state index is 12.8. The van der Waals surface area contributed by atoms with Gasteiger partial charge < -0.3 is 19.7 Å². The van der Waals surface area contributed by atoms with E-state index in [4.69, 9.17) is 9.47 Å². The van der Waals surface area contributed by atoms with Gasteiger partial charge in [-0.15, -0.1) is 0 Å². The molecule has 0 heterocycles. The topological polar surface area (TPSA) is 84.9 Å². The van der Waals surface area contributed by atoms with Gasteiger partial charge in [0.2, 0.25) is 5.91 Å². The molecule has 0 aliphatic carbocycles. The molecule has 2 amide bonds. The van der Waals surface area contributed by atoms with Crippen LogP contribution in [-0.4, -0.2) is 42.1 Å². The highest BCUT2D eigenvalue weighted by Gasteiger charge is 2.29. The maximum Gasteiger partial charge on any atom is 0.407 e. The molecule has 0 aliphatic rings. The maximum atomic E-state index is 12.8. The number of benzene rings is 1. The molecule has 156 valence electrons. The van der Waals surface area contributed by atoms with Crippen LogP contribution in [0.1, 0.15) is 52.7 Å². The van der Waals surface area contributed by atoms with E-state index in [9.17, 15) is 14.4 Å². The van der Waals surface area contributed by atoms with Gasteiger partial charge in [0.1, 0.15) is 12.1 Å². The molecule has 0 unspecified atom stereocenters. The smallest absolute Gasteiger partial charge is 0.407 e. The summed E-state index contributed by atoms with van der Waals surface area (Å²) in [6.45, 7) is 11.1. The van der Waals surface area contributed by atoms with Crippen molar-refractivity contribution in [3.63, 3.8) is 0 Å². The summed E-state index contributed by atoms with van der Waals surface area (Å²) in [7, 11) is 1.29. The number of hydrogen-bond donors (Lipinski definition) is 1. The third-order valence-electron chi connectivity index (χ3n) is 3.78. The number of nitrogens with one attached hydrogen (secondary N) is 1.